The van der Waals surface area contributed by atoms with E-state index >= 15 is 0 Å². The highest BCUT2D eigenvalue weighted by atomic mass is 32.2. The fraction of sp³-hybridized carbons (Fsp3) is 1.00. The largest absolute Gasteiger partial charge is 0.313 e. The highest BCUT2D eigenvalue weighted by molar-refractivity contribution is 7.98. The summed E-state index contributed by atoms with van der Waals surface area (Å²) in [6.45, 7) is 5.94. The Morgan fingerprint density at radius 2 is 2.12 bits per heavy atom. The topological polar surface area (TPSA) is 15.3 Å². The molecule has 3 heteroatoms. The first-order valence-electron chi connectivity index (χ1n) is 6.63. The fourth-order valence-corrected chi connectivity index (χ4v) is 2.93. The van der Waals surface area contributed by atoms with E-state index in [0.29, 0.717) is 0 Å². The molecule has 0 aromatic heterocycles. The monoisotopic (exact) mass is 244 g/mol. The van der Waals surface area contributed by atoms with E-state index in [1.165, 1.54) is 44.5 Å². The molecule has 0 aromatic carbocycles. The number of hydrogen-bond acceptors (Lipinski definition) is 3. The van der Waals surface area contributed by atoms with Gasteiger partial charge in [-0.15, -0.1) is 0 Å². The molecule has 16 heavy (non-hydrogen) atoms. The van der Waals surface area contributed by atoms with Gasteiger partial charge in [0.2, 0.25) is 0 Å². The molecule has 0 amide bonds. The average molecular weight is 244 g/mol. The van der Waals surface area contributed by atoms with Crippen LogP contribution in [0.5, 0.6) is 0 Å². The van der Waals surface area contributed by atoms with E-state index in [4.69, 9.17) is 0 Å². The van der Waals surface area contributed by atoms with Crippen LogP contribution in [0.2, 0.25) is 0 Å². The van der Waals surface area contributed by atoms with Crippen molar-refractivity contribution in [2.24, 2.45) is 5.92 Å². The smallest absolute Gasteiger partial charge is 0.0104 e. The van der Waals surface area contributed by atoms with E-state index in [0.717, 1.165) is 18.5 Å². The van der Waals surface area contributed by atoms with Crippen LogP contribution in [0.15, 0.2) is 0 Å². The van der Waals surface area contributed by atoms with E-state index in [2.05, 4.69) is 30.4 Å². The summed E-state index contributed by atoms with van der Waals surface area (Å²) in [6.07, 6.45) is 7.80. The maximum Gasteiger partial charge on any atom is 0.0104 e. The van der Waals surface area contributed by atoms with Crippen molar-refractivity contribution in [3.05, 3.63) is 0 Å². The van der Waals surface area contributed by atoms with Crippen LogP contribution in [0.3, 0.4) is 0 Å². The molecule has 2 unspecified atom stereocenters. The van der Waals surface area contributed by atoms with Gasteiger partial charge in [-0.25, -0.2) is 0 Å². The van der Waals surface area contributed by atoms with Gasteiger partial charge in [0.05, 0.1) is 0 Å². The Bertz CT molecular complexity index is 175. The lowest BCUT2D eigenvalue weighted by atomic mass is 9.87. The first-order chi connectivity index (χ1) is 7.72. The number of rotatable bonds is 7. The Labute approximate surface area is 106 Å². The highest BCUT2D eigenvalue weighted by Crippen LogP contribution is 2.23. The Balaban J connectivity index is 2.01. The molecule has 1 aliphatic carbocycles. The maximum atomic E-state index is 3.71. The molecule has 0 spiro atoms. The van der Waals surface area contributed by atoms with Gasteiger partial charge in [0.25, 0.3) is 0 Å². The zero-order chi connectivity index (χ0) is 11.8. The lowest BCUT2D eigenvalue weighted by Crippen LogP contribution is -2.38. The minimum Gasteiger partial charge on any atom is -0.313 e. The van der Waals surface area contributed by atoms with Gasteiger partial charge in [0.1, 0.15) is 0 Å². The van der Waals surface area contributed by atoms with E-state index in [-0.39, 0.29) is 0 Å². The van der Waals surface area contributed by atoms with Crippen molar-refractivity contribution in [2.75, 3.05) is 38.7 Å². The van der Waals surface area contributed by atoms with Crippen LogP contribution in [0.25, 0.3) is 0 Å². The summed E-state index contributed by atoms with van der Waals surface area (Å²) < 4.78 is 0. The number of nitrogens with zero attached hydrogens (tertiary/aromatic N) is 1. The summed E-state index contributed by atoms with van der Waals surface area (Å²) in [5.41, 5.74) is 0. The quantitative estimate of drug-likeness (QED) is 0.740. The molecule has 0 heterocycles. The fourth-order valence-electron chi connectivity index (χ4n) is 2.44. The van der Waals surface area contributed by atoms with Crippen molar-refractivity contribution in [2.45, 2.75) is 38.6 Å². The standard InChI is InChI=1S/C13H28N2S/c1-12-5-4-6-13(11-12)14-7-8-15(2)9-10-16-3/h12-14H,4-11H2,1-3H3. The van der Waals surface area contributed by atoms with Crippen molar-refractivity contribution >= 4 is 11.8 Å². The Morgan fingerprint density at radius 1 is 1.31 bits per heavy atom. The van der Waals surface area contributed by atoms with Gasteiger partial charge in [0.15, 0.2) is 0 Å². The molecule has 1 N–H and O–H groups in total. The first-order valence-corrected chi connectivity index (χ1v) is 8.02. The molecule has 1 rings (SSSR count). The molecule has 2 nitrogen and oxygen atoms in total. The minimum absolute atomic E-state index is 0.790. The predicted octanol–water partition coefficient (Wildman–Crippen LogP) is 2.45. The molecular weight excluding hydrogens is 216 g/mol. The molecule has 0 aliphatic heterocycles. The van der Waals surface area contributed by atoms with Crippen LogP contribution in [0, 0.1) is 5.92 Å². The number of hydrogen-bond donors (Lipinski definition) is 1. The first kappa shape index (κ1) is 14.3. The van der Waals surface area contributed by atoms with Gasteiger partial charge in [-0.1, -0.05) is 19.8 Å². The van der Waals surface area contributed by atoms with Crippen molar-refractivity contribution in [3.8, 4) is 0 Å². The molecule has 0 radical (unpaired) electrons. The third-order valence-corrected chi connectivity index (χ3v) is 4.13. The second-order valence-electron chi connectivity index (χ2n) is 5.22. The highest BCUT2D eigenvalue weighted by Gasteiger charge is 2.17. The molecule has 1 fully saturated rings. The van der Waals surface area contributed by atoms with E-state index in [1.807, 2.05) is 11.8 Å². The van der Waals surface area contributed by atoms with Crippen LogP contribution in [-0.2, 0) is 0 Å². The van der Waals surface area contributed by atoms with Crippen LogP contribution in [0.4, 0.5) is 0 Å². The number of nitrogens with one attached hydrogen (secondary N) is 1. The number of likely N-dealkylation sites (N-methyl/N-ethyl adjacent to an activating group) is 1. The summed E-state index contributed by atoms with van der Waals surface area (Å²) in [7, 11) is 2.22. The minimum atomic E-state index is 0.790. The summed E-state index contributed by atoms with van der Waals surface area (Å²) in [4.78, 5) is 2.43. The van der Waals surface area contributed by atoms with Crippen molar-refractivity contribution in [1.29, 1.82) is 0 Å². The third-order valence-electron chi connectivity index (χ3n) is 3.54. The van der Waals surface area contributed by atoms with E-state index < -0.39 is 0 Å². The molecule has 0 saturated heterocycles. The lowest BCUT2D eigenvalue weighted by Gasteiger charge is -2.28. The summed E-state index contributed by atoms with van der Waals surface area (Å²) >= 11 is 1.93. The third kappa shape index (κ3) is 6.12. The molecular formula is C13H28N2S. The second kappa shape index (κ2) is 8.37. The number of thioether (sulfide) groups is 1. The zero-order valence-corrected chi connectivity index (χ0v) is 12.0. The second-order valence-corrected chi connectivity index (χ2v) is 6.20. The van der Waals surface area contributed by atoms with Crippen molar-refractivity contribution in [3.63, 3.8) is 0 Å². The van der Waals surface area contributed by atoms with Crippen molar-refractivity contribution in [1.82, 2.24) is 10.2 Å². The SMILES string of the molecule is CSCCN(C)CCNC1CCCC(C)C1. The van der Waals surface area contributed by atoms with Gasteiger partial charge in [-0.05, 0) is 32.1 Å². The average Bonchev–Trinajstić information content (AvgIpc) is 2.26. The van der Waals surface area contributed by atoms with Crippen LogP contribution < -0.4 is 5.32 Å². The molecule has 0 bridgehead atoms. The van der Waals surface area contributed by atoms with Gasteiger partial charge in [-0.2, -0.15) is 11.8 Å². The molecule has 2 atom stereocenters. The van der Waals surface area contributed by atoms with Gasteiger partial charge in [-0.3, -0.25) is 0 Å². The normalized spacial score (nSPS) is 26.2. The summed E-state index contributed by atoms with van der Waals surface area (Å²) in [5.74, 6) is 2.18. The zero-order valence-electron chi connectivity index (χ0n) is 11.2. The van der Waals surface area contributed by atoms with Crippen molar-refractivity contribution < 1.29 is 0 Å². The maximum absolute atomic E-state index is 3.71. The summed E-state index contributed by atoms with van der Waals surface area (Å²) in [6, 6.07) is 0.790. The van der Waals surface area contributed by atoms with Crippen LogP contribution in [0.1, 0.15) is 32.6 Å². The Morgan fingerprint density at radius 3 is 2.81 bits per heavy atom. The molecule has 1 saturated carbocycles. The van der Waals surface area contributed by atoms with Crippen LogP contribution in [-0.4, -0.2) is 49.6 Å². The van der Waals surface area contributed by atoms with Gasteiger partial charge in [0, 0.05) is 31.4 Å². The Hall–Kier alpha value is 0.270. The van der Waals surface area contributed by atoms with Crippen LogP contribution >= 0.6 is 11.8 Å². The molecule has 0 aromatic rings. The molecule has 96 valence electrons. The van der Waals surface area contributed by atoms with Gasteiger partial charge < -0.3 is 10.2 Å². The predicted molar refractivity (Wildman–Crippen MR) is 75.3 cm³/mol. The molecule has 1 aliphatic rings. The Kier molecular flexibility index (Phi) is 7.50. The summed E-state index contributed by atoms with van der Waals surface area (Å²) in [5, 5.41) is 3.71. The van der Waals surface area contributed by atoms with E-state index in [1.54, 1.807) is 0 Å². The van der Waals surface area contributed by atoms with Gasteiger partial charge >= 0.3 is 0 Å². The lowest BCUT2D eigenvalue weighted by molar-refractivity contribution is 0.282. The van der Waals surface area contributed by atoms with E-state index in [9.17, 15) is 0 Å².